The first-order valence-corrected chi connectivity index (χ1v) is 11.0. The molecule has 3 aromatic rings. The molecule has 0 spiro atoms. The summed E-state index contributed by atoms with van der Waals surface area (Å²) in [4.78, 5) is 27.4. The number of carbonyl (C=O) groups is 2. The van der Waals surface area contributed by atoms with Gasteiger partial charge in [0.05, 0.1) is 4.88 Å². The second-order valence-electron chi connectivity index (χ2n) is 7.51. The van der Waals surface area contributed by atoms with Crippen LogP contribution in [-0.2, 0) is 24.3 Å². The molecule has 0 radical (unpaired) electrons. The van der Waals surface area contributed by atoms with Crippen molar-refractivity contribution in [3.05, 3.63) is 87.6 Å². The van der Waals surface area contributed by atoms with E-state index in [0.29, 0.717) is 11.4 Å². The van der Waals surface area contributed by atoms with Crippen LogP contribution in [0.3, 0.4) is 0 Å². The van der Waals surface area contributed by atoms with Crippen LogP contribution in [0, 0.1) is 0 Å². The Labute approximate surface area is 180 Å². The highest BCUT2D eigenvalue weighted by Crippen LogP contribution is 2.28. The van der Waals surface area contributed by atoms with Crippen molar-refractivity contribution in [2.24, 2.45) is 0 Å². The molecule has 30 heavy (non-hydrogen) atoms. The van der Waals surface area contributed by atoms with Gasteiger partial charge in [-0.3, -0.25) is 9.59 Å². The Bertz CT molecular complexity index is 1020. The molecule has 0 saturated heterocycles. The minimum atomic E-state index is -0.589. The van der Waals surface area contributed by atoms with Crippen LogP contribution in [-0.4, -0.2) is 24.4 Å². The molecule has 6 heteroatoms. The highest BCUT2D eigenvalue weighted by Gasteiger charge is 2.19. The van der Waals surface area contributed by atoms with Gasteiger partial charge in [-0.2, -0.15) is 0 Å². The first-order valence-electron chi connectivity index (χ1n) is 10.1. The molecule has 1 aromatic heterocycles. The zero-order valence-electron chi connectivity index (χ0n) is 16.9. The number of thiophene rings is 1. The van der Waals surface area contributed by atoms with Gasteiger partial charge in [0, 0.05) is 25.3 Å². The van der Waals surface area contributed by atoms with Gasteiger partial charge in [-0.25, -0.2) is 0 Å². The SMILES string of the molecule is C[C@@H](NC(=O)c1cccs1)C(=O)NCc1ccc(CN2CCc3ccccc32)cc1. The number of benzene rings is 2. The lowest BCUT2D eigenvalue weighted by Gasteiger charge is -2.19. The van der Waals surface area contributed by atoms with Crippen LogP contribution < -0.4 is 15.5 Å². The quantitative estimate of drug-likeness (QED) is 0.613. The van der Waals surface area contributed by atoms with Gasteiger partial charge in [0.15, 0.2) is 0 Å². The van der Waals surface area contributed by atoms with E-state index < -0.39 is 6.04 Å². The third-order valence-corrected chi connectivity index (χ3v) is 6.20. The average molecular weight is 420 g/mol. The summed E-state index contributed by atoms with van der Waals surface area (Å²) >= 11 is 1.36. The van der Waals surface area contributed by atoms with Crippen molar-refractivity contribution in [1.29, 1.82) is 0 Å². The molecule has 1 aliphatic heterocycles. The molecule has 4 rings (SSSR count). The van der Waals surface area contributed by atoms with Crippen LogP contribution in [0.25, 0.3) is 0 Å². The van der Waals surface area contributed by atoms with E-state index in [1.54, 1.807) is 13.0 Å². The van der Waals surface area contributed by atoms with E-state index in [4.69, 9.17) is 0 Å². The van der Waals surface area contributed by atoms with Crippen LogP contribution in [0.2, 0.25) is 0 Å². The number of nitrogens with zero attached hydrogens (tertiary/aromatic N) is 1. The summed E-state index contributed by atoms with van der Waals surface area (Å²) in [7, 11) is 0. The zero-order valence-corrected chi connectivity index (χ0v) is 17.7. The molecule has 2 aromatic carbocycles. The minimum absolute atomic E-state index is 0.197. The maximum Gasteiger partial charge on any atom is 0.261 e. The molecule has 0 saturated carbocycles. The molecule has 0 fully saturated rings. The topological polar surface area (TPSA) is 61.4 Å². The lowest BCUT2D eigenvalue weighted by atomic mass is 10.1. The summed E-state index contributed by atoms with van der Waals surface area (Å²) in [5.41, 5.74) is 5.02. The van der Waals surface area contributed by atoms with Crippen molar-refractivity contribution in [3.63, 3.8) is 0 Å². The number of rotatable bonds is 7. The van der Waals surface area contributed by atoms with Gasteiger partial charge < -0.3 is 15.5 Å². The Morgan fingerprint density at radius 3 is 2.57 bits per heavy atom. The van der Waals surface area contributed by atoms with Gasteiger partial charge in [0.2, 0.25) is 5.91 Å². The number of hydrogen-bond acceptors (Lipinski definition) is 4. The highest BCUT2D eigenvalue weighted by atomic mass is 32.1. The number of nitrogens with one attached hydrogen (secondary N) is 2. The normalized spacial score (nSPS) is 13.6. The van der Waals surface area contributed by atoms with Gasteiger partial charge in [0.1, 0.15) is 6.04 Å². The van der Waals surface area contributed by atoms with Crippen molar-refractivity contribution >= 4 is 28.8 Å². The van der Waals surface area contributed by atoms with Gasteiger partial charge in [-0.05, 0) is 47.5 Å². The summed E-state index contributed by atoms with van der Waals surface area (Å²) in [6.07, 6.45) is 1.10. The molecular weight excluding hydrogens is 394 g/mol. The lowest BCUT2D eigenvalue weighted by Crippen LogP contribution is -2.44. The van der Waals surface area contributed by atoms with Gasteiger partial charge in [0.25, 0.3) is 5.91 Å². The van der Waals surface area contributed by atoms with Crippen molar-refractivity contribution in [2.45, 2.75) is 32.5 Å². The van der Waals surface area contributed by atoms with Gasteiger partial charge in [-0.1, -0.05) is 48.5 Å². The smallest absolute Gasteiger partial charge is 0.261 e. The van der Waals surface area contributed by atoms with Crippen molar-refractivity contribution in [1.82, 2.24) is 10.6 Å². The molecule has 2 N–H and O–H groups in total. The minimum Gasteiger partial charge on any atom is -0.367 e. The Morgan fingerprint density at radius 1 is 1.03 bits per heavy atom. The van der Waals surface area contributed by atoms with E-state index in [-0.39, 0.29) is 11.8 Å². The summed E-state index contributed by atoms with van der Waals surface area (Å²) in [5, 5.41) is 7.46. The lowest BCUT2D eigenvalue weighted by molar-refractivity contribution is -0.122. The fourth-order valence-corrected chi connectivity index (χ4v) is 4.26. The molecule has 0 bridgehead atoms. The highest BCUT2D eigenvalue weighted by molar-refractivity contribution is 7.12. The fraction of sp³-hybridized carbons (Fsp3) is 0.250. The molecule has 2 amide bonds. The molecular formula is C24H25N3O2S. The molecule has 0 aliphatic carbocycles. The van der Waals surface area contributed by atoms with Crippen LogP contribution in [0.5, 0.6) is 0 Å². The Morgan fingerprint density at radius 2 is 1.80 bits per heavy atom. The maximum atomic E-state index is 12.3. The van der Waals surface area contributed by atoms with Crippen molar-refractivity contribution in [3.8, 4) is 0 Å². The van der Waals surface area contributed by atoms with Crippen LogP contribution in [0.1, 0.15) is 33.3 Å². The number of para-hydroxylation sites is 1. The van der Waals surface area contributed by atoms with Gasteiger partial charge in [-0.15, -0.1) is 11.3 Å². The van der Waals surface area contributed by atoms with E-state index in [2.05, 4.69) is 51.9 Å². The summed E-state index contributed by atoms with van der Waals surface area (Å²) in [5.74, 6) is -0.418. The monoisotopic (exact) mass is 419 g/mol. The second-order valence-corrected chi connectivity index (χ2v) is 8.45. The van der Waals surface area contributed by atoms with Crippen molar-refractivity contribution < 1.29 is 9.59 Å². The molecule has 0 unspecified atom stereocenters. The van der Waals surface area contributed by atoms with Gasteiger partial charge >= 0.3 is 0 Å². The van der Waals surface area contributed by atoms with Crippen LogP contribution >= 0.6 is 11.3 Å². The first-order chi connectivity index (χ1) is 14.6. The first kappa shape index (κ1) is 20.2. The predicted octanol–water partition coefficient (Wildman–Crippen LogP) is 3.75. The number of amides is 2. The number of hydrogen-bond donors (Lipinski definition) is 2. The summed E-state index contributed by atoms with van der Waals surface area (Å²) in [6.45, 7) is 4.06. The summed E-state index contributed by atoms with van der Waals surface area (Å²) in [6, 6.07) is 19.9. The largest absolute Gasteiger partial charge is 0.367 e. The number of carbonyl (C=O) groups excluding carboxylic acids is 2. The standard InChI is InChI=1S/C24H25N3O2S/c1-17(26-24(29)22-7-4-14-30-22)23(28)25-15-18-8-10-19(11-9-18)16-27-13-12-20-5-2-3-6-21(20)27/h2-11,14,17H,12-13,15-16H2,1H3,(H,25,28)(H,26,29)/t17-/m1/s1. The average Bonchev–Trinajstić information content (AvgIpc) is 3.44. The Hall–Kier alpha value is -3.12. The second kappa shape index (κ2) is 9.13. The van der Waals surface area contributed by atoms with E-state index in [0.717, 1.165) is 25.1 Å². The van der Waals surface area contributed by atoms with E-state index >= 15 is 0 Å². The van der Waals surface area contributed by atoms with Crippen LogP contribution in [0.15, 0.2) is 66.0 Å². The molecule has 154 valence electrons. The zero-order chi connectivity index (χ0) is 20.9. The molecule has 5 nitrogen and oxygen atoms in total. The third-order valence-electron chi connectivity index (χ3n) is 5.33. The van der Waals surface area contributed by atoms with E-state index in [9.17, 15) is 9.59 Å². The fourth-order valence-electron chi connectivity index (χ4n) is 3.64. The predicted molar refractivity (Wildman–Crippen MR) is 121 cm³/mol. The number of fused-ring (bicyclic) bond motifs is 1. The molecule has 1 atom stereocenters. The maximum absolute atomic E-state index is 12.3. The van der Waals surface area contributed by atoms with Crippen LogP contribution in [0.4, 0.5) is 5.69 Å². The Balaban J connectivity index is 1.26. The Kier molecular flexibility index (Phi) is 6.14. The third kappa shape index (κ3) is 4.71. The van der Waals surface area contributed by atoms with Crippen molar-refractivity contribution in [2.75, 3.05) is 11.4 Å². The van der Waals surface area contributed by atoms with E-state index in [1.165, 1.54) is 28.2 Å². The molecule has 1 aliphatic rings. The van der Waals surface area contributed by atoms with E-state index in [1.807, 2.05) is 23.6 Å². The summed E-state index contributed by atoms with van der Waals surface area (Å²) < 4.78 is 0. The molecule has 2 heterocycles. The number of anilines is 1.